The average Bonchev–Trinajstić information content (AvgIpc) is 3.60. The summed E-state index contributed by atoms with van der Waals surface area (Å²) in [5.74, 6) is 1.56. The van der Waals surface area contributed by atoms with E-state index in [0.717, 1.165) is 67.8 Å². The van der Waals surface area contributed by atoms with Crippen LogP contribution in [0, 0.1) is 14.1 Å². The summed E-state index contributed by atoms with van der Waals surface area (Å²) in [7, 11) is -4.04. The first kappa shape index (κ1) is 45.8. The molecule has 8 rings (SSSR count). The highest BCUT2D eigenvalue weighted by Gasteiger charge is 2.45. The molecule has 1 N–H and O–H groups in total. The molecule has 0 radical (unpaired) electrons. The summed E-state index contributed by atoms with van der Waals surface area (Å²) >= 11 is 4.84. The molecule has 0 spiro atoms. The van der Waals surface area contributed by atoms with Gasteiger partial charge in [0.2, 0.25) is 5.69 Å². The monoisotopic (exact) mass is 1090 g/mol. The number of hydrogen-bond acceptors (Lipinski definition) is 4. The second kappa shape index (κ2) is 18.6. The van der Waals surface area contributed by atoms with Gasteiger partial charge in [0.15, 0.2) is 11.5 Å². The van der Waals surface area contributed by atoms with Gasteiger partial charge in [0.1, 0.15) is 12.3 Å². The zero-order valence-electron chi connectivity index (χ0n) is 37.4. The van der Waals surface area contributed by atoms with Crippen molar-refractivity contribution in [2.45, 2.75) is 104 Å². The number of fused-ring (bicyclic) bond motifs is 6. The van der Waals surface area contributed by atoms with Crippen LogP contribution in [0.4, 0.5) is 11.4 Å². The van der Waals surface area contributed by atoms with Crippen molar-refractivity contribution in [1.82, 2.24) is 0 Å². The smallest absolute Gasteiger partial charge is 0.264 e. The van der Waals surface area contributed by atoms with Gasteiger partial charge in [0, 0.05) is 47.5 Å². The van der Waals surface area contributed by atoms with Gasteiger partial charge >= 0.3 is 0 Å². The Morgan fingerprint density at radius 3 is 2.14 bits per heavy atom. The van der Waals surface area contributed by atoms with Gasteiger partial charge in [-0.2, -0.15) is 13.0 Å². The number of allylic oxidation sites excluding steroid dienone is 7. The lowest BCUT2D eigenvalue weighted by Gasteiger charge is -2.28. The lowest BCUT2D eigenvalue weighted by Crippen LogP contribution is -2.28. The number of hydrogen-bond donors (Lipinski definition) is 1. The summed E-state index contributed by atoms with van der Waals surface area (Å²) in [6.45, 7) is 15.4. The Morgan fingerprint density at radius 2 is 1.46 bits per heavy atom. The van der Waals surface area contributed by atoms with Crippen molar-refractivity contribution in [3.8, 4) is 5.75 Å². The minimum Gasteiger partial charge on any atom is -0.455 e. The van der Waals surface area contributed by atoms with Crippen LogP contribution in [-0.4, -0.2) is 42.1 Å². The highest BCUT2D eigenvalue weighted by Crippen LogP contribution is 2.51. The number of rotatable bonds is 14. The van der Waals surface area contributed by atoms with E-state index < -0.39 is 10.1 Å². The van der Waals surface area contributed by atoms with Gasteiger partial charge in [-0.3, -0.25) is 4.55 Å². The fourth-order valence-electron chi connectivity index (χ4n) is 10.2. The molecule has 0 atom stereocenters. The average molecular weight is 1090 g/mol. The van der Waals surface area contributed by atoms with E-state index in [1.54, 1.807) is 0 Å². The van der Waals surface area contributed by atoms with Crippen LogP contribution in [0.15, 0.2) is 132 Å². The van der Waals surface area contributed by atoms with Crippen LogP contribution in [0.2, 0.25) is 0 Å². The normalized spacial score (nSPS) is 18.5. The SMILES string of the molecule is CCCCC[N+]1=C(/C=C/C2=C(Oc3c(I)cc(C)cc3I)C(=C/C=C3/N(CCCCS(=O)(=O)O)c4ccc5ccccc5c4C3(C)C)/CCC2)C(C)(C)c2c1ccc1ccccc21. The van der Waals surface area contributed by atoms with Gasteiger partial charge in [-0.05, 0) is 185 Å². The molecule has 0 fully saturated rings. The van der Waals surface area contributed by atoms with Crippen molar-refractivity contribution in [1.29, 1.82) is 0 Å². The minimum absolute atomic E-state index is 0.210. The van der Waals surface area contributed by atoms with Gasteiger partial charge < -0.3 is 9.64 Å². The van der Waals surface area contributed by atoms with Gasteiger partial charge in [0.05, 0.1) is 18.3 Å². The Labute approximate surface area is 401 Å². The van der Waals surface area contributed by atoms with Crippen LogP contribution in [0.1, 0.15) is 103 Å². The van der Waals surface area contributed by atoms with E-state index >= 15 is 0 Å². The largest absolute Gasteiger partial charge is 0.455 e. The maximum Gasteiger partial charge on any atom is 0.264 e. The second-order valence-corrected chi connectivity index (χ2v) is 22.3. The second-order valence-electron chi connectivity index (χ2n) is 18.4. The molecule has 328 valence electrons. The lowest BCUT2D eigenvalue weighted by atomic mass is 9.78. The number of anilines is 1. The summed E-state index contributed by atoms with van der Waals surface area (Å²) in [6.07, 6.45) is 16.6. The molecule has 9 heteroatoms. The van der Waals surface area contributed by atoms with Crippen molar-refractivity contribution in [3.05, 3.63) is 156 Å². The Hall–Kier alpha value is -3.78. The third-order valence-corrected chi connectivity index (χ3v) is 15.6. The van der Waals surface area contributed by atoms with Crippen LogP contribution in [-0.2, 0) is 20.9 Å². The molecule has 2 aliphatic heterocycles. The molecule has 0 aromatic heterocycles. The number of unbranched alkanes of at least 4 members (excludes halogenated alkanes) is 3. The number of ether oxygens (including phenoxy) is 1. The Balaban J connectivity index is 1.25. The van der Waals surface area contributed by atoms with Crippen LogP contribution in [0.5, 0.6) is 5.75 Å². The molecule has 0 amide bonds. The highest BCUT2D eigenvalue weighted by molar-refractivity contribution is 14.1. The summed E-state index contributed by atoms with van der Waals surface area (Å²) in [5.41, 5.74) is 10.6. The van der Waals surface area contributed by atoms with E-state index in [4.69, 9.17) is 4.74 Å². The molecule has 5 aromatic rings. The zero-order chi connectivity index (χ0) is 44.7. The summed E-state index contributed by atoms with van der Waals surface area (Å²) in [6, 6.07) is 30.8. The Kier molecular flexibility index (Phi) is 13.5. The molecule has 5 aromatic carbocycles. The molecular formula is C54H59I2N2O4S+. The summed E-state index contributed by atoms with van der Waals surface area (Å²) in [4.78, 5) is 2.37. The number of aryl methyl sites for hydroxylation is 1. The number of halogens is 2. The predicted octanol–water partition coefficient (Wildman–Crippen LogP) is 14.4. The van der Waals surface area contributed by atoms with E-state index in [-0.39, 0.29) is 16.6 Å². The van der Waals surface area contributed by atoms with Crippen LogP contribution in [0.25, 0.3) is 21.5 Å². The van der Waals surface area contributed by atoms with Crippen LogP contribution < -0.4 is 9.64 Å². The van der Waals surface area contributed by atoms with E-state index in [2.05, 4.69) is 205 Å². The standard InChI is InChI=1S/C54H58I2N2O4S/c1-7-8-13-31-57-45-27-23-37-17-9-11-21-41(37)49(45)53(3,4)47(57)29-25-39-19-16-20-40(51(39)62-52-43(55)34-36(2)35-44(52)56)26-30-48-54(5,6)50-42-22-12-10-18-38(42)24-28-46(50)58(48)32-14-15-33-63(59,60)61/h9-12,17-18,21-30,34-35H,7-8,13-16,19-20,31-33H2,1-6H3/p+1. The Bertz CT molecular complexity index is 2860. The molecule has 0 bridgehead atoms. The predicted molar refractivity (Wildman–Crippen MR) is 280 cm³/mol. The fourth-order valence-corrected chi connectivity index (χ4v) is 13.1. The van der Waals surface area contributed by atoms with Crippen molar-refractivity contribution in [3.63, 3.8) is 0 Å². The topological polar surface area (TPSA) is 69.8 Å². The van der Waals surface area contributed by atoms with E-state index in [9.17, 15) is 13.0 Å². The van der Waals surface area contributed by atoms with E-state index in [0.29, 0.717) is 19.4 Å². The van der Waals surface area contributed by atoms with Gasteiger partial charge in [0.25, 0.3) is 10.1 Å². The molecule has 63 heavy (non-hydrogen) atoms. The molecule has 0 saturated carbocycles. The molecule has 0 saturated heterocycles. The Morgan fingerprint density at radius 1 is 0.794 bits per heavy atom. The lowest BCUT2D eigenvalue weighted by molar-refractivity contribution is -0.438. The summed E-state index contributed by atoms with van der Waals surface area (Å²) < 4.78 is 44.9. The van der Waals surface area contributed by atoms with Crippen molar-refractivity contribution >= 4 is 93.9 Å². The third-order valence-electron chi connectivity index (χ3n) is 13.2. The quantitative estimate of drug-likeness (QED) is 0.0519. The highest BCUT2D eigenvalue weighted by atomic mass is 127. The maximum atomic E-state index is 11.7. The van der Waals surface area contributed by atoms with E-state index in [1.165, 1.54) is 68.0 Å². The zero-order valence-corrected chi connectivity index (χ0v) is 42.5. The first-order chi connectivity index (χ1) is 30.1. The number of benzene rings is 5. The molecule has 2 heterocycles. The van der Waals surface area contributed by atoms with Crippen LogP contribution in [0.3, 0.4) is 0 Å². The van der Waals surface area contributed by atoms with Gasteiger partial charge in [-0.1, -0.05) is 87.9 Å². The van der Waals surface area contributed by atoms with Crippen LogP contribution >= 0.6 is 45.2 Å². The number of nitrogens with zero attached hydrogens (tertiary/aromatic N) is 2. The molecule has 6 nitrogen and oxygen atoms in total. The maximum absolute atomic E-state index is 11.7. The summed E-state index contributed by atoms with van der Waals surface area (Å²) in [5, 5.41) is 5.02. The third kappa shape index (κ3) is 9.23. The fraction of sp³-hybridized carbons (Fsp3) is 0.352. The molecular weight excluding hydrogens is 1030 g/mol. The van der Waals surface area contributed by atoms with Gasteiger partial charge in [-0.25, -0.2) is 0 Å². The molecule has 3 aliphatic rings. The molecule has 1 aliphatic carbocycles. The minimum atomic E-state index is -4.04. The van der Waals surface area contributed by atoms with E-state index in [1.807, 2.05) is 0 Å². The first-order valence-electron chi connectivity index (χ1n) is 22.5. The first-order valence-corrected chi connectivity index (χ1v) is 26.3. The van der Waals surface area contributed by atoms with Crippen molar-refractivity contribution in [2.24, 2.45) is 0 Å². The van der Waals surface area contributed by atoms with Gasteiger partial charge in [-0.15, -0.1) is 0 Å². The molecule has 0 unspecified atom stereocenters. The van der Waals surface area contributed by atoms with Crippen molar-refractivity contribution < 1.29 is 22.3 Å². The van der Waals surface area contributed by atoms with Crippen molar-refractivity contribution in [2.75, 3.05) is 23.7 Å².